The molecule has 1 atom stereocenters. The van der Waals surface area contributed by atoms with Crippen molar-refractivity contribution in [2.45, 2.75) is 71.0 Å². The first-order valence-corrected chi connectivity index (χ1v) is 6.53. The molecule has 0 rings (SSSR count). The second-order valence-corrected chi connectivity index (χ2v) is 6.52. The molecule has 0 aromatic rings. The van der Waals surface area contributed by atoms with E-state index in [1.54, 1.807) is 0 Å². The highest BCUT2D eigenvalue weighted by Crippen LogP contribution is 2.31. The SMILES string of the molecule is CCCCCCC(C)(C)CC(C)Br. The van der Waals surface area contributed by atoms with Crippen LogP contribution in [-0.4, -0.2) is 4.83 Å². The first-order chi connectivity index (χ1) is 5.98. The van der Waals surface area contributed by atoms with E-state index < -0.39 is 0 Å². The van der Waals surface area contributed by atoms with E-state index in [1.165, 1.54) is 38.5 Å². The summed E-state index contributed by atoms with van der Waals surface area (Å²) in [6, 6.07) is 0. The molecule has 0 nitrogen and oxygen atoms in total. The highest BCUT2D eigenvalue weighted by Gasteiger charge is 2.18. The molecule has 80 valence electrons. The van der Waals surface area contributed by atoms with Crippen molar-refractivity contribution in [1.29, 1.82) is 0 Å². The van der Waals surface area contributed by atoms with Crippen molar-refractivity contribution in [2.24, 2.45) is 5.41 Å². The lowest BCUT2D eigenvalue weighted by atomic mass is 9.83. The van der Waals surface area contributed by atoms with E-state index >= 15 is 0 Å². The van der Waals surface area contributed by atoms with Crippen molar-refractivity contribution >= 4 is 15.9 Å². The van der Waals surface area contributed by atoms with Crippen LogP contribution in [0.4, 0.5) is 0 Å². The van der Waals surface area contributed by atoms with E-state index in [1.807, 2.05) is 0 Å². The molecule has 0 saturated heterocycles. The highest BCUT2D eigenvalue weighted by molar-refractivity contribution is 9.09. The van der Waals surface area contributed by atoms with E-state index in [0.29, 0.717) is 10.2 Å². The maximum atomic E-state index is 3.63. The van der Waals surface area contributed by atoms with Gasteiger partial charge in [0, 0.05) is 4.83 Å². The van der Waals surface area contributed by atoms with Crippen molar-refractivity contribution in [3.05, 3.63) is 0 Å². The third-order valence-electron chi connectivity index (χ3n) is 2.54. The Labute approximate surface area is 92.6 Å². The van der Waals surface area contributed by atoms with Gasteiger partial charge >= 0.3 is 0 Å². The Hall–Kier alpha value is 0.480. The summed E-state index contributed by atoms with van der Waals surface area (Å²) in [7, 11) is 0. The Balaban J connectivity index is 3.50. The largest absolute Gasteiger partial charge is 0.0893 e. The third-order valence-corrected chi connectivity index (χ3v) is 2.86. The summed E-state index contributed by atoms with van der Waals surface area (Å²) in [5, 5.41) is 0. The van der Waals surface area contributed by atoms with Crippen molar-refractivity contribution in [1.82, 2.24) is 0 Å². The lowest BCUT2D eigenvalue weighted by Gasteiger charge is -2.25. The summed E-state index contributed by atoms with van der Waals surface area (Å²) in [4.78, 5) is 0.661. The molecule has 0 aliphatic rings. The van der Waals surface area contributed by atoms with Crippen LogP contribution in [0.3, 0.4) is 0 Å². The summed E-state index contributed by atoms with van der Waals surface area (Å²) < 4.78 is 0. The number of rotatable bonds is 7. The Morgan fingerprint density at radius 2 is 1.77 bits per heavy atom. The molecule has 13 heavy (non-hydrogen) atoms. The summed E-state index contributed by atoms with van der Waals surface area (Å²) in [5.74, 6) is 0. The van der Waals surface area contributed by atoms with Crippen LogP contribution in [-0.2, 0) is 0 Å². The molecule has 0 saturated carbocycles. The highest BCUT2D eigenvalue weighted by atomic mass is 79.9. The second kappa shape index (κ2) is 6.86. The van der Waals surface area contributed by atoms with Crippen LogP contribution in [0.25, 0.3) is 0 Å². The molecule has 0 N–H and O–H groups in total. The normalized spacial score (nSPS) is 14.5. The molecule has 0 amide bonds. The molecule has 0 aliphatic carbocycles. The number of hydrogen-bond donors (Lipinski definition) is 0. The fourth-order valence-electron chi connectivity index (χ4n) is 1.89. The van der Waals surface area contributed by atoms with Gasteiger partial charge in [-0.1, -0.05) is 69.3 Å². The van der Waals surface area contributed by atoms with E-state index in [4.69, 9.17) is 0 Å². The van der Waals surface area contributed by atoms with Gasteiger partial charge in [-0.15, -0.1) is 0 Å². The van der Waals surface area contributed by atoms with E-state index in [0.717, 1.165) is 0 Å². The fourth-order valence-corrected chi connectivity index (χ4v) is 2.77. The lowest BCUT2D eigenvalue weighted by molar-refractivity contribution is 0.296. The van der Waals surface area contributed by atoms with Gasteiger partial charge in [0.2, 0.25) is 0 Å². The zero-order valence-corrected chi connectivity index (χ0v) is 11.3. The molecule has 0 radical (unpaired) electrons. The van der Waals surface area contributed by atoms with Gasteiger partial charge in [-0.3, -0.25) is 0 Å². The maximum absolute atomic E-state index is 3.63. The van der Waals surface area contributed by atoms with Gasteiger partial charge in [0.05, 0.1) is 0 Å². The molecule has 0 aromatic heterocycles. The lowest BCUT2D eigenvalue weighted by Crippen LogP contribution is -2.15. The minimum absolute atomic E-state index is 0.524. The van der Waals surface area contributed by atoms with Crippen molar-refractivity contribution in [2.75, 3.05) is 0 Å². The molecular weight excluding hydrogens is 224 g/mol. The van der Waals surface area contributed by atoms with Crippen LogP contribution < -0.4 is 0 Å². The topological polar surface area (TPSA) is 0 Å². The van der Waals surface area contributed by atoms with Crippen molar-refractivity contribution < 1.29 is 0 Å². The van der Waals surface area contributed by atoms with Gasteiger partial charge in [0.1, 0.15) is 0 Å². The summed E-state index contributed by atoms with van der Waals surface area (Å²) in [6.45, 7) is 9.28. The molecule has 0 aromatic carbocycles. The Morgan fingerprint density at radius 3 is 2.23 bits per heavy atom. The van der Waals surface area contributed by atoms with Gasteiger partial charge < -0.3 is 0 Å². The molecule has 0 aliphatic heterocycles. The quantitative estimate of drug-likeness (QED) is 0.432. The minimum atomic E-state index is 0.524. The van der Waals surface area contributed by atoms with Crippen LogP contribution in [0, 0.1) is 5.41 Å². The first-order valence-electron chi connectivity index (χ1n) is 5.62. The number of alkyl halides is 1. The summed E-state index contributed by atoms with van der Waals surface area (Å²) >= 11 is 3.63. The van der Waals surface area contributed by atoms with Crippen molar-refractivity contribution in [3.63, 3.8) is 0 Å². The van der Waals surface area contributed by atoms with Gasteiger partial charge in [-0.2, -0.15) is 0 Å². The second-order valence-electron chi connectivity index (χ2n) is 4.96. The molecule has 0 spiro atoms. The Kier molecular flexibility index (Phi) is 7.12. The van der Waals surface area contributed by atoms with Crippen LogP contribution in [0.2, 0.25) is 0 Å². The number of hydrogen-bond acceptors (Lipinski definition) is 0. The molecular formula is C12H25Br. The zero-order chi connectivity index (χ0) is 10.3. The van der Waals surface area contributed by atoms with Crippen LogP contribution in [0.5, 0.6) is 0 Å². The third kappa shape index (κ3) is 8.80. The Morgan fingerprint density at radius 1 is 1.15 bits per heavy atom. The average molecular weight is 249 g/mol. The molecule has 0 heterocycles. The summed E-state index contributed by atoms with van der Waals surface area (Å²) in [6.07, 6.45) is 8.23. The summed E-state index contributed by atoms with van der Waals surface area (Å²) in [5.41, 5.74) is 0.524. The van der Waals surface area contributed by atoms with Gasteiger partial charge in [0.15, 0.2) is 0 Å². The molecule has 1 unspecified atom stereocenters. The van der Waals surface area contributed by atoms with Crippen LogP contribution in [0.15, 0.2) is 0 Å². The monoisotopic (exact) mass is 248 g/mol. The predicted molar refractivity (Wildman–Crippen MR) is 65.5 cm³/mol. The van der Waals surface area contributed by atoms with E-state index in [2.05, 4.69) is 43.6 Å². The predicted octanol–water partition coefficient (Wildman–Crippen LogP) is 5.16. The molecule has 1 heteroatoms. The number of halogens is 1. The van der Waals surface area contributed by atoms with Crippen LogP contribution in [0.1, 0.15) is 66.2 Å². The van der Waals surface area contributed by atoms with Gasteiger partial charge in [0.25, 0.3) is 0 Å². The zero-order valence-electron chi connectivity index (χ0n) is 9.70. The van der Waals surface area contributed by atoms with E-state index in [9.17, 15) is 0 Å². The molecule has 0 fully saturated rings. The maximum Gasteiger partial charge on any atom is 0.0122 e. The van der Waals surface area contributed by atoms with Crippen molar-refractivity contribution in [3.8, 4) is 0 Å². The minimum Gasteiger partial charge on any atom is -0.0893 e. The Bertz CT molecular complexity index is 116. The van der Waals surface area contributed by atoms with E-state index in [-0.39, 0.29) is 0 Å². The average Bonchev–Trinajstić information content (AvgIpc) is 1.95. The fraction of sp³-hybridized carbons (Fsp3) is 1.00. The van der Waals surface area contributed by atoms with Gasteiger partial charge in [-0.05, 0) is 18.3 Å². The first kappa shape index (κ1) is 13.5. The van der Waals surface area contributed by atoms with Gasteiger partial charge in [-0.25, -0.2) is 0 Å². The molecule has 0 bridgehead atoms. The van der Waals surface area contributed by atoms with Crippen LogP contribution >= 0.6 is 15.9 Å². The number of unbranched alkanes of at least 4 members (excludes halogenated alkanes) is 3. The standard InChI is InChI=1S/C12H25Br/c1-5-6-7-8-9-12(3,4)10-11(2)13/h11H,5-10H2,1-4H3. The smallest absolute Gasteiger partial charge is 0.0122 e.